The summed E-state index contributed by atoms with van der Waals surface area (Å²) in [5.74, 6) is 0.901. The summed E-state index contributed by atoms with van der Waals surface area (Å²) in [4.78, 5) is 17.3. The number of amides is 1. The Morgan fingerprint density at radius 2 is 1.72 bits per heavy atom. The van der Waals surface area contributed by atoms with Crippen LogP contribution < -0.4 is 9.64 Å². The minimum atomic E-state index is -0.178. The van der Waals surface area contributed by atoms with E-state index in [1.54, 1.807) is 23.1 Å². The molecule has 4 nitrogen and oxygen atoms in total. The van der Waals surface area contributed by atoms with E-state index in [-0.39, 0.29) is 5.91 Å². The van der Waals surface area contributed by atoms with Crippen molar-refractivity contribution in [1.29, 1.82) is 0 Å². The van der Waals surface area contributed by atoms with Crippen molar-refractivity contribution in [2.45, 2.75) is 26.7 Å². The molecule has 0 aromatic heterocycles. The maximum atomic E-state index is 13.5. The molecule has 1 amide bonds. The zero-order chi connectivity index (χ0) is 21.4. The minimum absolute atomic E-state index is 0.178. The Morgan fingerprint density at radius 3 is 2.41 bits per heavy atom. The van der Waals surface area contributed by atoms with Gasteiger partial charge in [0, 0.05) is 11.6 Å². The number of hydrogen-bond acceptors (Lipinski definition) is 3. The molecule has 0 N–H and O–H groups in total. The van der Waals surface area contributed by atoms with Gasteiger partial charge in [0.15, 0.2) is 0 Å². The number of carbonyl (C=O) groups is 1. The van der Waals surface area contributed by atoms with Gasteiger partial charge in [-0.15, -0.1) is 0 Å². The van der Waals surface area contributed by atoms with Gasteiger partial charge in [0.2, 0.25) is 0 Å². The molecule has 29 heavy (non-hydrogen) atoms. The van der Waals surface area contributed by atoms with E-state index in [4.69, 9.17) is 27.9 Å². The SMILES string of the molecule is CC(C)COc1ccccc1N(CCCCN(C)C)C(=O)c1cc(Cl)ccc1Cl. The third-order valence-corrected chi connectivity index (χ3v) is 4.93. The van der Waals surface area contributed by atoms with E-state index in [1.165, 1.54) is 0 Å². The number of benzene rings is 2. The van der Waals surface area contributed by atoms with E-state index in [1.807, 2.05) is 38.4 Å². The molecule has 0 spiro atoms. The zero-order valence-electron chi connectivity index (χ0n) is 17.6. The molecule has 2 aromatic carbocycles. The highest BCUT2D eigenvalue weighted by Gasteiger charge is 2.23. The average Bonchev–Trinajstić information content (AvgIpc) is 2.68. The van der Waals surface area contributed by atoms with Gasteiger partial charge in [0.1, 0.15) is 5.75 Å². The molecule has 0 unspecified atom stereocenters. The van der Waals surface area contributed by atoms with Crippen molar-refractivity contribution in [2.24, 2.45) is 5.92 Å². The number of hydrogen-bond donors (Lipinski definition) is 0. The fraction of sp³-hybridized carbons (Fsp3) is 0.435. The van der Waals surface area contributed by atoms with Crippen molar-refractivity contribution < 1.29 is 9.53 Å². The second kappa shape index (κ2) is 11.4. The number of halogens is 2. The van der Waals surface area contributed by atoms with Gasteiger partial charge in [0.05, 0.1) is 22.9 Å². The molecular weight excluding hydrogens is 407 g/mol. The van der Waals surface area contributed by atoms with Crippen LogP contribution in [-0.4, -0.2) is 44.6 Å². The second-order valence-corrected chi connectivity index (χ2v) is 8.61. The van der Waals surface area contributed by atoms with Gasteiger partial charge >= 0.3 is 0 Å². The first kappa shape index (κ1) is 23.5. The molecule has 6 heteroatoms. The van der Waals surface area contributed by atoms with Crippen LogP contribution in [0.25, 0.3) is 0 Å². The van der Waals surface area contributed by atoms with Gasteiger partial charge in [-0.05, 0) is 69.7 Å². The molecular formula is C23H30Cl2N2O2. The van der Waals surface area contributed by atoms with Crippen LogP contribution in [0.4, 0.5) is 5.69 Å². The van der Waals surface area contributed by atoms with Gasteiger partial charge in [-0.1, -0.05) is 49.2 Å². The molecule has 0 aliphatic heterocycles. The fourth-order valence-corrected chi connectivity index (χ4v) is 3.27. The summed E-state index contributed by atoms with van der Waals surface area (Å²) >= 11 is 12.5. The van der Waals surface area contributed by atoms with Crippen LogP contribution in [0.5, 0.6) is 5.75 Å². The molecule has 2 rings (SSSR count). The molecule has 0 heterocycles. The predicted octanol–water partition coefficient (Wildman–Crippen LogP) is 6.02. The molecule has 0 radical (unpaired) electrons. The smallest absolute Gasteiger partial charge is 0.259 e. The summed E-state index contributed by atoms with van der Waals surface area (Å²) in [7, 11) is 4.09. The normalized spacial score (nSPS) is 11.2. The van der Waals surface area contributed by atoms with Crippen molar-refractivity contribution in [3.8, 4) is 5.75 Å². The van der Waals surface area contributed by atoms with E-state index in [9.17, 15) is 4.79 Å². The van der Waals surface area contributed by atoms with Crippen molar-refractivity contribution in [3.05, 3.63) is 58.1 Å². The summed E-state index contributed by atoms with van der Waals surface area (Å²) in [6.45, 7) is 6.30. The number of nitrogens with zero attached hydrogens (tertiary/aromatic N) is 2. The number of para-hydroxylation sites is 2. The lowest BCUT2D eigenvalue weighted by Gasteiger charge is -2.26. The monoisotopic (exact) mass is 436 g/mol. The molecule has 0 saturated heterocycles. The minimum Gasteiger partial charge on any atom is -0.491 e. The molecule has 0 aliphatic rings. The number of rotatable bonds is 10. The van der Waals surface area contributed by atoms with Gasteiger partial charge in [-0.2, -0.15) is 0 Å². The van der Waals surface area contributed by atoms with Gasteiger partial charge in [0.25, 0.3) is 5.91 Å². The number of unbranched alkanes of at least 4 members (excludes halogenated alkanes) is 1. The van der Waals surface area contributed by atoms with Crippen molar-refractivity contribution in [1.82, 2.24) is 4.90 Å². The Hall–Kier alpha value is -1.75. The van der Waals surface area contributed by atoms with E-state index in [0.29, 0.717) is 40.4 Å². The first-order valence-electron chi connectivity index (χ1n) is 9.93. The van der Waals surface area contributed by atoms with Crippen LogP contribution in [0.2, 0.25) is 10.0 Å². The summed E-state index contributed by atoms with van der Waals surface area (Å²) in [6.07, 6.45) is 1.84. The predicted molar refractivity (Wildman–Crippen MR) is 123 cm³/mol. The Morgan fingerprint density at radius 1 is 1.03 bits per heavy atom. The first-order valence-corrected chi connectivity index (χ1v) is 10.7. The van der Waals surface area contributed by atoms with E-state index >= 15 is 0 Å². The highest BCUT2D eigenvalue weighted by Crippen LogP contribution is 2.32. The molecule has 0 atom stereocenters. The molecule has 2 aromatic rings. The summed E-state index contributed by atoms with van der Waals surface area (Å²) in [5, 5.41) is 0.868. The lowest BCUT2D eigenvalue weighted by atomic mass is 10.1. The second-order valence-electron chi connectivity index (χ2n) is 7.76. The zero-order valence-corrected chi connectivity index (χ0v) is 19.1. The Kier molecular flexibility index (Phi) is 9.28. The summed E-state index contributed by atoms with van der Waals surface area (Å²) in [6, 6.07) is 12.6. The van der Waals surface area contributed by atoms with Gasteiger partial charge < -0.3 is 14.5 Å². The first-order chi connectivity index (χ1) is 13.8. The van der Waals surface area contributed by atoms with Crippen molar-refractivity contribution in [2.75, 3.05) is 38.7 Å². The average molecular weight is 437 g/mol. The highest BCUT2D eigenvalue weighted by molar-refractivity contribution is 6.36. The third-order valence-electron chi connectivity index (χ3n) is 4.37. The van der Waals surface area contributed by atoms with Crippen molar-refractivity contribution >= 4 is 34.8 Å². The molecule has 0 saturated carbocycles. The molecule has 0 fully saturated rings. The van der Waals surface area contributed by atoms with Crippen LogP contribution in [0.1, 0.15) is 37.0 Å². The topological polar surface area (TPSA) is 32.8 Å². The van der Waals surface area contributed by atoms with Crippen LogP contribution in [0.15, 0.2) is 42.5 Å². The maximum absolute atomic E-state index is 13.5. The lowest BCUT2D eigenvalue weighted by molar-refractivity contribution is 0.0985. The number of anilines is 1. The Bertz CT molecular complexity index is 809. The summed E-state index contributed by atoms with van der Waals surface area (Å²) < 4.78 is 6.00. The van der Waals surface area contributed by atoms with Crippen LogP contribution >= 0.6 is 23.2 Å². The Balaban J connectivity index is 2.35. The van der Waals surface area contributed by atoms with Crippen molar-refractivity contribution in [3.63, 3.8) is 0 Å². The summed E-state index contributed by atoms with van der Waals surface area (Å²) in [5.41, 5.74) is 1.14. The molecule has 0 aliphatic carbocycles. The van der Waals surface area contributed by atoms with Crippen LogP contribution in [0.3, 0.4) is 0 Å². The van der Waals surface area contributed by atoms with Crippen LogP contribution in [0, 0.1) is 5.92 Å². The quantitative estimate of drug-likeness (QED) is 0.427. The number of ether oxygens (including phenoxy) is 1. The highest BCUT2D eigenvalue weighted by atomic mass is 35.5. The largest absolute Gasteiger partial charge is 0.491 e. The van der Waals surface area contributed by atoms with E-state index in [0.717, 1.165) is 25.1 Å². The van der Waals surface area contributed by atoms with Gasteiger partial charge in [-0.25, -0.2) is 0 Å². The van der Waals surface area contributed by atoms with Crippen LogP contribution in [-0.2, 0) is 0 Å². The fourth-order valence-electron chi connectivity index (χ4n) is 2.89. The number of carbonyl (C=O) groups excluding carboxylic acids is 1. The van der Waals surface area contributed by atoms with Gasteiger partial charge in [-0.3, -0.25) is 4.79 Å². The molecule has 0 bridgehead atoms. The molecule has 158 valence electrons. The Labute approximate surface area is 184 Å². The maximum Gasteiger partial charge on any atom is 0.259 e. The lowest BCUT2D eigenvalue weighted by Crippen LogP contribution is -2.33. The van der Waals surface area contributed by atoms with E-state index < -0.39 is 0 Å². The third kappa shape index (κ3) is 7.22. The standard InChI is InChI=1S/C23H30Cl2N2O2/c1-17(2)16-29-22-10-6-5-9-21(22)27(14-8-7-13-26(3)4)23(28)19-15-18(24)11-12-20(19)25/h5-6,9-12,15,17H,7-8,13-14,16H2,1-4H3. The van der Waals surface area contributed by atoms with E-state index in [2.05, 4.69) is 18.7 Å².